The van der Waals surface area contributed by atoms with Crippen molar-refractivity contribution in [3.05, 3.63) is 30.0 Å². The standard InChI is InChI=1S/C16H22N4O/c1-10-5-3-6-11(2)20(10)19-16(21)14-9-12-7-4-8-13(17)15(12)18-14/h4,7-11,18H,3,5-6,17H2,1-2H3,(H,19,21). The number of hydrogen-bond acceptors (Lipinski definition) is 3. The third kappa shape index (κ3) is 2.61. The average molecular weight is 286 g/mol. The van der Waals surface area contributed by atoms with Crippen LogP contribution in [-0.4, -0.2) is 28.0 Å². The number of carbonyl (C=O) groups is 1. The fourth-order valence-corrected chi connectivity index (χ4v) is 3.12. The first kappa shape index (κ1) is 13.9. The molecule has 3 rings (SSSR count). The van der Waals surface area contributed by atoms with Crippen molar-refractivity contribution < 1.29 is 4.79 Å². The quantitative estimate of drug-likeness (QED) is 0.743. The normalized spacial score (nSPS) is 23.3. The molecule has 5 heteroatoms. The lowest BCUT2D eigenvalue weighted by Crippen LogP contribution is -2.54. The first-order valence-electron chi connectivity index (χ1n) is 7.53. The van der Waals surface area contributed by atoms with Gasteiger partial charge in [0.1, 0.15) is 5.69 Å². The number of nitrogens with zero attached hydrogens (tertiary/aromatic N) is 1. The Morgan fingerprint density at radius 1 is 1.33 bits per heavy atom. The first-order valence-corrected chi connectivity index (χ1v) is 7.53. The van der Waals surface area contributed by atoms with Crippen LogP contribution in [0.4, 0.5) is 5.69 Å². The van der Waals surface area contributed by atoms with Crippen LogP contribution in [-0.2, 0) is 0 Å². The van der Waals surface area contributed by atoms with E-state index in [1.54, 1.807) is 0 Å². The molecule has 5 nitrogen and oxygen atoms in total. The van der Waals surface area contributed by atoms with Gasteiger partial charge in [-0.25, -0.2) is 5.01 Å². The lowest BCUT2D eigenvalue weighted by Gasteiger charge is -2.38. The molecule has 1 aliphatic rings. The largest absolute Gasteiger partial charge is 0.397 e. The summed E-state index contributed by atoms with van der Waals surface area (Å²) in [5, 5.41) is 3.03. The van der Waals surface area contributed by atoms with Gasteiger partial charge in [-0.2, -0.15) is 0 Å². The maximum Gasteiger partial charge on any atom is 0.282 e. The van der Waals surface area contributed by atoms with Gasteiger partial charge < -0.3 is 10.7 Å². The highest BCUT2D eigenvalue weighted by molar-refractivity contribution is 6.00. The van der Waals surface area contributed by atoms with E-state index in [0.717, 1.165) is 23.7 Å². The summed E-state index contributed by atoms with van der Waals surface area (Å²) in [5.74, 6) is -0.105. The third-order valence-electron chi connectivity index (χ3n) is 4.36. The number of hydrazine groups is 1. The molecular weight excluding hydrogens is 264 g/mol. The predicted octanol–water partition coefficient (Wildman–Crippen LogP) is 2.66. The smallest absolute Gasteiger partial charge is 0.282 e. The van der Waals surface area contributed by atoms with Crippen LogP contribution in [0.15, 0.2) is 24.3 Å². The minimum Gasteiger partial charge on any atom is -0.397 e. The maximum atomic E-state index is 12.5. The molecule has 0 bridgehead atoms. The van der Waals surface area contributed by atoms with Crippen molar-refractivity contribution in [2.24, 2.45) is 0 Å². The third-order valence-corrected chi connectivity index (χ3v) is 4.36. The Bertz CT molecular complexity index is 653. The van der Waals surface area contributed by atoms with Gasteiger partial charge in [-0.1, -0.05) is 18.6 Å². The number of fused-ring (bicyclic) bond motifs is 1. The number of aromatic amines is 1. The van der Waals surface area contributed by atoms with E-state index in [-0.39, 0.29) is 5.91 Å². The van der Waals surface area contributed by atoms with Gasteiger partial charge in [-0.15, -0.1) is 0 Å². The molecule has 1 aromatic carbocycles. The molecule has 2 atom stereocenters. The van der Waals surface area contributed by atoms with Crippen molar-refractivity contribution in [1.29, 1.82) is 0 Å². The number of anilines is 1. The maximum absolute atomic E-state index is 12.5. The van der Waals surface area contributed by atoms with Gasteiger partial charge in [0.2, 0.25) is 0 Å². The number of benzene rings is 1. The van der Waals surface area contributed by atoms with Crippen molar-refractivity contribution in [1.82, 2.24) is 15.4 Å². The van der Waals surface area contributed by atoms with E-state index < -0.39 is 0 Å². The second-order valence-corrected chi connectivity index (χ2v) is 5.97. The van der Waals surface area contributed by atoms with Gasteiger partial charge >= 0.3 is 0 Å². The van der Waals surface area contributed by atoms with Crippen LogP contribution in [0.3, 0.4) is 0 Å². The zero-order valence-electron chi connectivity index (χ0n) is 12.5. The van der Waals surface area contributed by atoms with E-state index in [0.29, 0.717) is 23.5 Å². The summed E-state index contributed by atoms with van der Waals surface area (Å²) in [6, 6.07) is 8.25. The SMILES string of the molecule is CC1CCCC(C)N1NC(=O)c1cc2cccc(N)c2[nH]1. The van der Waals surface area contributed by atoms with E-state index in [2.05, 4.69) is 29.3 Å². The van der Waals surface area contributed by atoms with Crippen LogP contribution in [0.1, 0.15) is 43.6 Å². The molecule has 0 radical (unpaired) electrons. The van der Waals surface area contributed by atoms with Crippen molar-refractivity contribution in [3.8, 4) is 0 Å². The zero-order valence-corrected chi connectivity index (χ0v) is 12.5. The monoisotopic (exact) mass is 286 g/mol. The number of piperidine rings is 1. The van der Waals surface area contributed by atoms with E-state index in [1.165, 1.54) is 6.42 Å². The van der Waals surface area contributed by atoms with Gasteiger partial charge in [0, 0.05) is 17.5 Å². The van der Waals surface area contributed by atoms with Crippen LogP contribution < -0.4 is 11.2 Å². The molecule has 1 fully saturated rings. The number of nitrogens with two attached hydrogens (primary N) is 1. The lowest BCUT2D eigenvalue weighted by atomic mass is 10.00. The minimum atomic E-state index is -0.105. The summed E-state index contributed by atoms with van der Waals surface area (Å²) in [6.45, 7) is 4.30. The molecule has 1 saturated heterocycles. The van der Waals surface area contributed by atoms with Gasteiger partial charge in [0.05, 0.1) is 11.2 Å². The van der Waals surface area contributed by atoms with Crippen molar-refractivity contribution in [2.45, 2.75) is 45.2 Å². The number of amides is 1. The van der Waals surface area contributed by atoms with E-state index in [1.807, 2.05) is 24.3 Å². The number of carbonyl (C=O) groups excluding carboxylic acids is 1. The highest BCUT2D eigenvalue weighted by Crippen LogP contribution is 2.23. The molecule has 2 unspecified atom stereocenters. The summed E-state index contributed by atoms with van der Waals surface area (Å²) in [7, 11) is 0. The summed E-state index contributed by atoms with van der Waals surface area (Å²) < 4.78 is 0. The molecule has 112 valence electrons. The van der Waals surface area contributed by atoms with Crippen molar-refractivity contribution in [3.63, 3.8) is 0 Å². The minimum absolute atomic E-state index is 0.105. The number of para-hydroxylation sites is 1. The average Bonchev–Trinajstić information content (AvgIpc) is 2.88. The summed E-state index contributed by atoms with van der Waals surface area (Å²) in [6.07, 6.45) is 3.45. The molecule has 0 spiro atoms. The molecule has 2 heterocycles. The Kier molecular flexibility index (Phi) is 3.59. The van der Waals surface area contributed by atoms with Crippen LogP contribution in [0.5, 0.6) is 0 Å². The molecular formula is C16H22N4O. The highest BCUT2D eigenvalue weighted by atomic mass is 16.2. The van der Waals surface area contributed by atoms with Gasteiger partial charge in [-0.05, 0) is 38.8 Å². The molecule has 2 aromatic rings. The number of hydrogen-bond donors (Lipinski definition) is 3. The fourth-order valence-electron chi connectivity index (χ4n) is 3.12. The van der Waals surface area contributed by atoms with Crippen LogP contribution >= 0.6 is 0 Å². The lowest BCUT2D eigenvalue weighted by molar-refractivity contribution is 0.0367. The molecule has 4 N–H and O–H groups in total. The van der Waals surface area contributed by atoms with E-state index in [9.17, 15) is 4.79 Å². The molecule has 0 saturated carbocycles. The Labute approximate surface area is 124 Å². The first-order chi connectivity index (χ1) is 10.1. The number of H-pyrrole nitrogens is 1. The van der Waals surface area contributed by atoms with Crippen molar-refractivity contribution >= 4 is 22.5 Å². The number of aromatic nitrogens is 1. The highest BCUT2D eigenvalue weighted by Gasteiger charge is 2.26. The Balaban J connectivity index is 1.82. The number of nitrogen functional groups attached to an aromatic ring is 1. The molecule has 1 aliphatic heterocycles. The van der Waals surface area contributed by atoms with Crippen LogP contribution in [0.25, 0.3) is 10.9 Å². The van der Waals surface area contributed by atoms with Crippen molar-refractivity contribution in [2.75, 3.05) is 5.73 Å². The molecule has 1 amide bonds. The Morgan fingerprint density at radius 3 is 2.71 bits per heavy atom. The molecule has 0 aliphatic carbocycles. The number of rotatable bonds is 2. The summed E-state index contributed by atoms with van der Waals surface area (Å²) in [5.41, 5.74) is 11.0. The Hall–Kier alpha value is -2.01. The second kappa shape index (κ2) is 5.41. The Morgan fingerprint density at radius 2 is 2.05 bits per heavy atom. The molecule has 1 aromatic heterocycles. The fraction of sp³-hybridized carbons (Fsp3) is 0.438. The second-order valence-electron chi connectivity index (χ2n) is 5.97. The predicted molar refractivity (Wildman–Crippen MR) is 84.8 cm³/mol. The molecule has 21 heavy (non-hydrogen) atoms. The summed E-state index contributed by atoms with van der Waals surface area (Å²) >= 11 is 0. The number of nitrogens with one attached hydrogen (secondary N) is 2. The zero-order chi connectivity index (χ0) is 15.0. The van der Waals surface area contributed by atoms with Gasteiger partial charge in [0.15, 0.2) is 0 Å². The van der Waals surface area contributed by atoms with E-state index >= 15 is 0 Å². The topological polar surface area (TPSA) is 74.2 Å². The van der Waals surface area contributed by atoms with Crippen LogP contribution in [0, 0.1) is 0 Å². The summed E-state index contributed by atoms with van der Waals surface area (Å²) in [4.78, 5) is 15.6. The van der Waals surface area contributed by atoms with Crippen LogP contribution in [0.2, 0.25) is 0 Å². The van der Waals surface area contributed by atoms with Gasteiger partial charge in [-0.3, -0.25) is 10.2 Å². The van der Waals surface area contributed by atoms with Gasteiger partial charge in [0.25, 0.3) is 5.91 Å². The van der Waals surface area contributed by atoms with E-state index in [4.69, 9.17) is 5.73 Å².